The molecule has 0 unspecified atom stereocenters. The Labute approximate surface area is 178 Å². The number of nitrogens with zero attached hydrogens (tertiary/aromatic N) is 1. The standard InChI is InChI=1S/C22H22FN3O3S/c1-22(13-20(27)26-21-24-8-9-30-21)17-12-19(29-16-5-3-4-15(23)11-16)18(28-2)10-14(17)6-7-25-22/h3-5,8-12,25H,6-7,13H2,1-2H3,(H,24,26,27)/t22-/m1/s1. The summed E-state index contributed by atoms with van der Waals surface area (Å²) in [7, 11) is 1.57. The van der Waals surface area contributed by atoms with Crippen molar-refractivity contribution in [3.63, 3.8) is 0 Å². The lowest BCUT2D eigenvalue weighted by Crippen LogP contribution is -2.47. The first-order valence-corrected chi connectivity index (χ1v) is 10.4. The normalized spacial score (nSPS) is 17.8. The molecule has 0 aliphatic carbocycles. The molecular formula is C22H22FN3O3S. The first kappa shape index (κ1) is 20.3. The molecule has 0 saturated heterocycles. The van der Waals surface area contributed by atoms with Gasteiger partial charge < -0.3 is 20.1 Å². The van der Waals surface area contributed by atoms with Gasteiger partial charge in [-0.3, -0.25) is 4.79 Å². The Morgan fingerprint density at radius 1 is 1.33 bits per heavy atom. The molecule has 1 amide bonds. The van der Waals surface area contributed by atoms with Crippen LogP contribution in [0.5, 0.6) is 17.2 Å². The third-order valence-corrected chi connectivity index (χ3v) is 5.80. The summed E-state index contributed by atoms with van der Waals surface area (Å²) in [5.41, 5.74) is 1.44. The van der Waals surface area contributed by atoms with Crippen molar-refractivity contribution in [3.8, 4) is 17.2 Å². The lowest BCUT2D eigenvalue weighted by Gasteiger charge is -2.37. The first-order chi connectivity index (χ1) is 14.5. The smallest absolute Gasteiger partial charge is 0.228 e. The van der Waals surface area contributed by atoms with E-state index >= 15 is 0 Å². The SMILES string of the molecule is COc1cc2c(cc1Oc1cccc(F)c1)[C@@](C)(CC(=O)Nc1nccs1)NCC2. The number of anilines is 1. The van der Waals surface area contributed by atoms with Crippen molar-refractivity contribution in [2.75, 3.05) is 19.0 Å². The van der Waals surface area contributed by atoms with Gasteiger partial charge in [-0.25, -0.2) is 9.37 Å². The van der Waals surface area contributed by atoms with Crippen LogP contribution in [0.4, 0.5) is 9.52 Å². The molecule has 3 aromatic rings. The predicted molar refractivity (Wildman–Crippen MR) is 114 cm³/mol. The molecule has 2 heterocycles. The fourth-order valence-corrected chi connectivity index (χ4v) is 4.26. The summed E-state index contributed by atoms with van der Waals surface area (Å²) in [5.74, 6) is 0.901. The van der Waals surface area contributed by atoms with Gasteiger partial charge in [0.25, 0.3) is 0 Å². The quantitative estimate of drug-likeness (QED) is 0.607. The minimum atomic E-state index is -0.596. The van der Waals surface area contributed by atoms with E-state index in [1.807, 2.05) is 24.4 Å². The number of fused-ring (bicyclic) bond motifs is 1. The second-order valence-corrected chi connectivity index (χ2v) is 8.19. The van der Waals surface area contributed by atoms with Crippen LogP contribution in [0.25, 0.3) is 0 Å². The topological polar surface area (TPSA) is 72.5 Å². The van der Waals surface area contributed by atoms with Gasteiger partial charge in [-0.2, -0.15) is 0 Å². The van der Waals surface area contributed by atoms with Crippen molar-refractivity contribution in [2.45, 2.75) is 25.3 Å². The van der Waals surface area contributed by atoms with Gasteiger partial charge in [0.15, 0.2) is 16.6 Å². The summed E-state index contributed by atoms with van der Waals surface area (Å²) in [5, 5.41) is 8.69. The largest absolute Gasteiger partial charge is 0.493 e. The summed E-state index contributed by atoms with van der Waals surface area (Å²) in [6.45, 7) is 2.73. The summed E-state index contributed by atoms with van der Waals surface area (Å²) >= 11 is 1.38. The highest BCUT2D eigenvalue weighted by Crippen LogP contribution is 2.41. The second kappa shape index (κ2) is 8.41. The Kier molecular flexibility index (Phi) is 5.69. The lowest BCUT2D eigenvalue weighted by molar-refractivity contribution is -0.117. The van der Waals surface area contributed by atoms with Gasteiger partial charge in [0, 0.05) is 36.1 Å². The molecule has 0 fully saturated rings. The number of thiazole rings is 1. The number of nitrogens with one attached hydrogen (secondary N) is 2. The molecule has 4 rings (SSSR count). The van der Waals surface area contributed by atoms with E-state index in [9.17, 15) is 9.18 Å². The molecule has 0 bridgehead atoms. The number of amides is 1. The summed E-state index contributed by atoms with van der Waals surface area (Å²) in [4.78, 5) is 16.8. The van der Waals surface area contributed by atoms with Crippen LogP contribution in [0.15, 0.2) is 48.0 Å². The number of halogens is 1. The first-order valence-electron chi connectivity index (χ1n) is 9.56. The van der Waals surface area contributed by atoms with Crippen LogP contribution in [-0.2, 0) is 16.8 Å². The predicted octanol–water partition coefficient (Wildman–Crippen LogP) is 4.47. The van der Waals surface area contributed by atoms with Crippen molar-refractivity contribution >= 4 is 22.4 Å². The van der Waals surface area contributed by atoms with Crippen LogP contribution in [0.3, 0.4) is 0 Å². The minimum absolute atomic E-state index is 0.129. The monoisotopic (exact) mass is 427 g/mol. The van der Waals surface area contributed by atoms with Crippen molar-refractivity contribution in [2.24, 2.45) is 0 Å². The molecule has 0 radical (unpaired) electrons. The third kappa shape index (κ3) is 4.29. The van der Waals surface area contributed by atoms with Gasteiger partial charge >= 0.3 is 0 Å². The fraction of sp³-hybridized carbons (Fsp3) is 0.273. The average molecular weight is 428 g/mol. The summed E-state index contributed by atoms with van der Waals surface area (Å²) in [6, 6.07) is 9.76. The molecule has 156 valence electrons. The van der Waals surface area contributed by atoms with Crippen LogP contribution in [0, 0.1) is 5.82 Å². The molecule has 30 heavy (non-hydrogen) atoms. The maximum absolute atomic E-state index is 13.6. The van der Waals surface area contributed by atoms with Crippen molar-refractivity contribution in [1.29, 1.82) is 0 Å². The van der Waals surface area contributed by atoms with E-state index in [1.165, 1.54) is 23.5 Å². The summed E-state index contributed by atoms with van der Waals surface area (Å²) < 4.78 is 25.0. The van der Waals surface area contributed by atoms with Gasteiger partial charge in [-0.15, -0.1) is 11.3 Å². The molecule has 6 nitrogen and oxygen atoms in total. The molecule has 2 aromatic carbocycles. The molecule has 1 atom stereocenters. The zero-order chi connectivity index (χ0) is 21.1. The van der Waals surface area contributed by atoms with E-state index < -0.39 is 5.54 Å². The Morgan fingerprint density at radius 3 is 2.93 bits per heavy atom. The van der Waals surface area contributed by atoms with Crippen LogP contribution < -0.4 is 20.1 Å². The van der Waals surface area contributed by atoms with Gasteiger partial charge in [0.05, 0.1) is 7.11 Å². The minimum Gasteiger partial charge on any atom is -0.493 e. The van der Waals surface area contributed by atoms with E-state index in [0.717, 1.165) is 24.1 Å². The Morgan fingerprint density at radius 2 is 2.20 bits per heavy atom. The van der Waals surface area contributed by atoms with Crippen LogP contribution in [0.2, 0.25) is 0 Å². The van der Waals surface area contributed by atoms with Crippen LogP contribution >= 0.6 is 11.3 Å². The summed E-state index contributed by atoms with van der Waals surface area (Å²) in [6.07, 6.45) is 2.68. The fourth-order valence-electron chi connectivity index (χ4n) is 3.72. The van der Waals surface area contributed by atoms with E-state index in [4.69, 9.17) is 9.47 Å². The molecule has 0 spiro atoms. The van der Waals surface area contributed by atoms with Gasteiger partial charge in [0.2, 0.25) is 5.91 Å². The van der Waals surface area contributed by atoms with Gasteiger partial charge in [-0.05, 0) is 48.7 Å². The maximum Gasteiger partial charge on any atom is 0.228 e. The van der Waals surface area contributed by atoms with E-state index in [1.54, 1.807) is 25.4 Å². The number of hydrogen-bond acceptors (Lipinski definition) is 6. The molecule has 2 N–H and O–H groups in total. The van der Waals surface area contributed by atoms with Crippen LogP contribution in [-0.4, -0.2) is 24.5 Å². The number of aromatic nitrogens is 1. The number of hydrogen-bond donors (Lipinski definition) is 2. The molecule has 0 saturated carbocycles. The van der Waals surface area contributed by atoms with E-state index in [0.29, 0.717) is 22.4 Å². The van der Waals surface area contributed by atoms with Crippen LogP contribution in [0.1, 0.15) is 24.5 Å². The maximum atomic E-state index is 13.6. The third-order valence-electron chi connectivity index (χ3n) is 5.11. The van der Waals surface area contributed by atoms with Gasteiger partial charge in [0.1, 0.15) is 11.6 Å². The average Bonchev–Trinajstić information content (AvgIpc) is 3.21. The highest BCUT2D eigenvalue weighted by atomic mass is 32.1. The molecule has 1 aliphatic rings. The molecular weight excluding hydrogens is 405 g/mol. The van der Waals surface area contributed by atoms with Crippen molar-refractivity contribution in [1.82, 2.24) is 10.3 Å². The van der Waals surface area contributed by atoms with E-state index in [-0.39, 0.29) is 18.1 Å². The Balaban J connectivity index is 1.64. The number of rotatable bonds is 6. The zero-order valence-electron chi connectivity index (χ0n) is 16.7. The highest BCUT2D eigenvalue weighted by Gasteiger charge is 2.35. The molecule has 8 heteroatoms. The number of carbonyl (C=O) groups is 1. The number of ether oxygens (including phenoxy) is 2. The highest BCUT2D eigenvalue weighted by molar-refractivity contribution is 7.13. The zero-order valence-corrected chi connectivity index (χ0v) is 17.5. The molecule has 1 aromatic heterocycles. The van der Waals surface area contributed by atoms with Crippen molar-refractivity contribution in [3.05, 3.63) is 64.9 Å². The second-order valence-electron chi connectivity index (χ2n) is 7.29. The Bertz CT molecular complexity index is 1060. The molecule has 1 aliphatic heterocycles. The van der Waals surface area contributed by atoms with Gasteiger partial charge in [-0.1, -0.05) is 6.07 Å². The number of benzene rings is 2. The number of carbonyl (C=O) groups excluding carboxylic acids is 1. The van der Waals surface area contributed by atoms with E-state index in [2.05, 4.69) is 15.6 Å². The van der Waals surface area contributed by atoms with Crippen molar-refractivity contribution < 1.29 is 18.7 Å². The Hall–Kier alpha value is -2.97. The lowest BCUT2D eigenvalue weighted by atomic mass is 9.81. The number of methoxy groups -OCH3 is 1.